The highest BCUT2D eigenvalue weighted by atomic mass is 16.5. The zero-order valence-corrected chi connectivity index (χ0v) is 17.4. The van der Waals surface area contributed by atoms with Crippen LogP contribution in [0.25, 0.3) is 16.7 Å². The average molecular weight is 425 g/mol. The predicted octanol–water partition coefficient (Wildman–Crippen LogP) is 3.47. The fourth-order valence-corrected chi connectivity index (χ4v) is 3.36. The summed E-state index contributed by atoms with van der Waals surface area (Å²) in [5.41, 5.74) is 1.26. The zero-order valence-electron chi connectivity index (χ0n) is 17.4. The van der Waals surface area contributed by atoms with Crippen LogP contribution in [0.3, 0.4) is 0 Å². The lowest BCUT2D eigenvalue weighted by Crippen LogP contribution is -2.26. The van der Waals surface area contributed by atoms with Gasteiger partial charge in [0.05, 0.1) is 29.4 Å². The molecule has 2 heterocycles. The van der Waals surface area contributed by atoms with E-state index in [1.807, 2.05) is 24.3 Å². The van der Waals surface area contributed by atoms with Gasteiger partial charge in [0.25, 0.3) is 5.56 Å². The first-order chi connectivity index (χ1) is 15.5. The van der Waals surface area contributed by atoms with Gasteiger partial charge in [0.15, 0.2) is 5.65 Å². The largest absolute Gasteiger partial charge is 0.495 e. The number of hydrogen-bond acceptors (Lipinski definition) is 6. The summed E-state index contributed by atoms with van der Waals surface area (Å²) in [5, 5.41) is 6.13. The molecular formula is C24H19N5O3. The van der Waals surface area contributed by atoms with Gasteiger partial charge in [-0.25, -0.2) is 4.98 Å². The summed E-state index contributed by atoms with van der Waals surface area (Å²) in [7, 11) is 1.57. The molecule has 8 heteroatoms. The van der Waals surface area contributed by atoms with Crippen molar-refractivity contribution in [2.75, 3.05) is 17.7 Å². The summed E-state index contributed by atoms with van der Waals surface area (Å²) in [6.07, 6.45) is 7.24. The van der Waals surface area contributed by atoms with Crippen LogP contribution >= 0.6 is 0 Å². The molecule has 32 heavy (non-hydrogen) atoms. The molecule has 1 amide bonds. The standard InChI is InChI=1S/C24H19N5O3/c1-4-17-18-14-25-24(27-19-12-8-9-13-20(19)32-3)28-22(18)29(16-10-6-5-7-11-16)23(31)21(17)26-15(2)30/h1,5-14H,2-3H3,(H,26,30)(H,25,27,28). The van der Waals surface area contributed by atoms with Gasteiger partial charge in [-0.3, -0.25) is 14.2 Å². The molecule has 4 aromatic rings. The van der Waals surface area contributed by atoms with Crippen molar-refractivity contribution in [2.45, 2.75) is 6.92 Å². The van der Waals surface area contributed by atoms with Gasteiger partial charge in [-0.2, -0.15) is 4.98 Å². The lowest BCUT2D eigenvalue weighted by molar-refractivity contribution is -0.114. The molecule has 0 atom stereocenters. The Bertz CT molecular complexity index is 1420. The van der Waals surface area contributed by atoms with Gasteiger partial charge in [0, 0.05) is 13.1 Å². The smallest absolute Gasteiger partial charge is 0.281 e. The molecule has 0 aliphatic heterocycles. The number of terminal acetylenes is 1. The molecule has 4 rings (SSSR count). The first kappa shape index (κ1) is 20.6. The Hall–Kier alpha value is -4.64. The number of pyridine rings is 1. The minimum absolute atomic E-state index is 0.00499. The number of anilines is 3. The molecule has 0 fully saturated rings. The van der Waals surface area contributed by atoms with Gasteiger partial charge in [-0.05, 0) is 24.3 Å². The second-order valence-corrected chi connectivity index (χ2v) is 6.81. The molecule has 0 aliphatic rings. The number of nitrogens with zero attached hydrogens (tertiary/aromatic N) is 3. The number of ether oxygens (including phenoxy) is 1. The predicted molar refractivity (Wildman–Crippen MR) is 124 cm³/mol. The molecule has 0 unspecified atom stereocenters. The molecule has 2 aromatic heterocycles. The summed E-state index contributed by atoms with van der Waals surface area (Å²) in [6, 6.07) is 16.3. The van der Waals surface area contributed by atoms with E-state index in [1.165, 1.54) is 17.7 Å². The lowest BCUT2D eigenvalue weighted by atomic mass is 10.1. The maximum Gasteiger partial charge on any atom is 0.281 e. The number of benzene rings is 2. The number of carbonyl (C=O) groups excluding carboxylic acids is 1. The second kappa shape index (κ2) is 8.62. The van der Waals surface area contributed by atoms with E-state index in [-0.39, 0.29) is 17.2 Å². The van der Waals surface area contributed by atoms with Crippen molar-refractivity contribution in [1.29, 1.82) is 0 Å². The topological polar surface area (TPSA) is 98.1 Å². The Morgan fingerprint density at radius 2 is 1.84 bits per heavy atom. The summed E-state index contributed by atoms with van der Waals surface area (Å²) in [6.45, 7) is 1.31. The molecule has 2 N–H and O–H groups in total. The zero-order chi connectivity index (χ0) is 22.7. The third-order valence-corrected chi connectivity index (χ3v) is 4.73. The van der Waals surface area contributed by atoms with Crippen molar-refractivity contribution in [3.8, 4) is 23.8 Å². The van der Waals surface area contributed by atoms with E-state index in [1.54, 1.807) is 37.4 Å². The number of para-hydroxylation sites is 3. The Kier molecular flexibility index (Phi) is 5.55. The van der Waals surface area contributed by atoms with Crippen LogP contribution in [0.1, 0.15) is 12.5 Å². The second-order valence-electron chi connectivity index (χ2n) is 6.81. The van der Waals surface area contributed by atoms with Crippen molar-refractivity contribution in [3.05, 3.63) is 76.7 Å². The maximum absolute atomic E-state index is 13.4. The van der Waals surface area contributed by atoms with Crippen LogP contribution in [0, 0.1) is 12.3 Å². The number of fused-ring (bicyclic) bond motifs is 1. The molecule has 0 spiro atoms. The van der Waals surface area contributed by atoms with Gasteiger partial charge in [-0.15, -0.1) is 6.42 Å². The van der Waals surface area contributed by atoms with Crippen molar-refractivity contribution in [1.82, 2.24) is 14.5 Å². The van der Waals surface area contributed by atoms with E-state index in [2.05, 4.69) is 26.5 Å². The number of aromatic nitrogens is 3. The van der Waals surface area contributed by atoms with E-state index >= 15 is 0 Å². The number of amides is 1. The first-order valence-corrected chi connectivity index (χ1v) is 9.69. The van der Waals surface area contributed by atoms with Crippen LogP contribution in [0.5, 0.6) is 5.75 Å². The van der Waals surface area contributed by atoms with Gasteiger partial charge in [0.2, 0.25) is 11.9 Å². The van der Waals surface area contributed by atoms with Crippen molar-refractivity contribution >= 4 is 34.3 Å². The van der Waals surface area contributed by atoms with Crippen LogP contribution < -0.4 is 20.9 Å². The van der Waals surface area contributed by atoms with Crippen molar-refractivity contribution < 1.29 is 9.53 Å². The molecule has 158 valence electrons. The van der Waals surface area contributed by atoms with Gasteiger partial charge < -0.3 is 15.4 Å². The minimum Gasteiger partial charge on any atom is -0.495 e. The third-order valence-electron chi connectivity index (χ3n) is 4.73. The lowest BCUT2D eigenvalue weighted by Gasteiger charge is -2.16. The Morgan fingerprint density at radius 1 is 1.12 bits per heavy atom. The van der Waals surface area contributed by atoms with Crippen LogP contribution in [-0.2, 0) is 4.79 Å². The van der Waals surface area contributed by atoms with Crippen LogP contribution in [0.2, 0.25) is 0 Å². The summed E-state index contributed by atoms with van der Waals surface area (Å²) >= 11 is 0. The third kappa shape index (κ3) is 3.75. The van der Waals surface area contributed by atoms with E-state index in [4.69, 9.17) is 11.2 Å². The molecule has 8 nitrogen and oxygen atoms in total. The molecular weight excluding hydrogens is 406 g/mol. The molecule has 0 saturated carbocycles. The fourth-order valence-electron chi connectivity index (χ4n) is 3.36. The highest BCUT2D eigenvalue weighted by molar-refractivity contribution is 5.96. The van der Waals surface area contributed by atoms with E-state index in [0.29, 0.717) is 28.2 Å². The first-order valence-electron chi connectivity index (χ1n) is 9.69. The molecule has 0 radical (unpaired) electrons. The number of nitrogens with one attached hydrogen (secondary N) is 2. The average Bonchev–Trinajstić information content (AvgIpc) is 2.80. The molecule has 2 aromatic carbocycles. The Labute approximate surface area is 183 Å². The Morgan fingerprint density at radius 3 is 2.53 bits per heavy atom. The fraction of sp³-hybridized carbons (Fsp3) is 0.0833. The molecule has 0 saturated heterocycles. The molecule has 0 aliphatic carbocycles. The Balaban J connectivity index is 2.00. The maximum atomic E-state index is 13.4. The summed E-state index contributed by atoms with van der Waals surface area (Å²) < 4.78 is 6.77. The summed E-state index contributed by atoms with van der Waals surface area (Å²) in [5.74, 6) is 2.96. The number of methoxy groups -OCH3 is 1. The quantitative estimate of drug-likeness (QED) is 0.475. The highest BCUT2D eigenvalue weighted by Crippen LogP contribution is 2.28. The van der Waals surface area contributed by atoms with Crippen molar-refractivity contribution in [2.24, 2.45) is 0 Å². The van der Waals surface area contributed by atoms with Gasteiger partial charge in [0.1, 0.15) is 11.4 Å². The summed E-state index contributed by atoms with van der Waals surface area (Å²) in [4.78, 5) is 34.1. The number of rotatable bonds is 5. The van der Waals surface area contributed by atoms with Gasteiger partial charge in [-0.1, -0.05) is 36.3 Å². The van der Waals surface area contributed by atoms with E-state index in [9.17, 15) is 9.59 Å². The SMILES string of the molecule is C#Cc1c(NC(C)=O)c(=O)n(-c2ccccc2)c2nc(Nc3ccccc3OC)ncc12. The number of carbonyl (C=O) groups is 1. The normalized spacial score (nSPS) is 10.4. The molecule has 0 bridgehead atoms. The van der Waals surface area contributed by atoms with E-state index in [0.717, 1.165) is 0 Å². The van der Waals surface area contributed by atoms with E-state index < -0.39 is 11.5 Å². The van der Waals surface area contributed by atoms with Crippen LogP contribution in [0.4, 0.5) is 17.3 Å². The highest BCUT2D eigenvalue weighted by Gasteiger charge is 2.20. The van der Waals surface area contributed by atoms with Crippen LogP contribution in [0.15, 0.2) is 65.6 Å². The minimum atomic E-state index is -0.492. The monoisotopic (exact) mass is 425 g/mol. The van der Waals surface area contributed by atoms with Crippen molar-refractivity contribution in [3.63, 3.8) is 0 Å². The number of hydrogen-bond donors (Lipinski definition) is 2. The van der Waals surface area contributed by atoms with Crippen LogP contribution in [-0.4, -0.2) is 27.6 Å². The van der Waals surface area contributed by atoms with Gasteiger partial charge >= 0.3 is 0 Å².